The SMILES string of the molecule is Cc1cccc(S(=O)(=O)N2CCN(C(O)=C3C=CC=C3)CC2)c1. The van der Waals surface area contributed by atoms with Gasteiger partial charge in [0.2, 0.25) is 10.0 Å². The molecular formula is C17H20N2O3S. The molecule has 122 valence electrons. The monoisotopic (exact) mass is 332 g/mol. The number of nitrogens with zero attached hydrogens (tertiary/aromatic N) is 2. The average molecular weight is 332 g/mol. The van der Waals surface area contributed by atoms with E-state index in [2.05, 4.69) is 0 Å². The number of allylic oxidation sites excluding steroid dienone is 5. The summed E-state index contributed by atoms with van der Waals surface area (Å²) in [6.07, 6.45) is 7.41. The molecule has 1 fully saturated rings. The van der Waals surface area contributed by atoms with Gasteiger partial charge in [-0.25, -0.2) is 8.42 Å². The highest BCUT2D eigenvalue weighted by atomic mass is 32.2. The smallest absolute Gasteiger partial charge is 0.243 e. The van der Waals surface area contributed by atoms with Gasteiger partial charge in [0.25, 0.3) is 0 Å². The van der Waals surface area contributed by atoms with E-state index in [4.69, 9.17) is 0 Å². The third-order valence-corrected chi connectivity index (χ3v) is 5.98. The van der Waals surface area contributed by atoms with Crippen molar-refractivity contribution in [1.82, 2.24) is 9.21 Å². The molecule has 1 aliphatic heterocycles. The summed E-state index contributed by atoms with van der Waals surface area (Å²) < 4.78 is 26.8. The number of aryl methyl sites for hydroxylation is 1. The van der Waals surface area contributed by atoms with Gasteiger partial charge in [-0.15, -0.1) is 0 Å². The minimum Gasteiger partial charge on any atom is -0.494 e. The van der Waals surface area contributed by atoms with Gasteiger partial charge in [-0.2, -0.15) is 4.31 Å². The number of aliphatic hydroxyl groups is 1. The Morgan fingerprint density at radius 2 is 1.74 bits per heavy atom. The number of hydrogen-bond donors (Lipinski definition) is 1. The quantitative estimate of drug-likeness (QED) is 0.862. The zero-order valence-corrected chi connectivity index (χ0v) is 13.8. The van der Waals surface area contributed by atoms with E-state index in [1.54, 1.807) is 18.2 Å². The zero-order valence-electron chi connectivity index (χ0n) is 13.0. The van der Waals surface area contributed by atoms with Crippen LogP contribution in [-0.2, 0) is 10.0 Å². The van der Waals surface area contributed by atoms with Crippen LogP contribution in [0.4, 0.5) is 0 Å². The molecule has 23 heavy (non-hydrogen) atoms. The molecule has 0 aromatic heterocycles. The molecule has 1 saturated heterocycles. The molecule has 0 unspecified atom stereocenters. The number of rotatable bonds is 3. The van der Waals surface area contributed by atoms with Crippen molar-refractivity contribution in [2.45, 2.75) is 11.8 Å². The van der Waals surface area contributed by atoms with Crippen LogP contribution in [0, 0.1) is 6.92 Å². The molecular weight excluding hydrogens is 312 g/mol. The summed E-state index contributed by atoms with van der Waals surface area (Å²) in [4.78, 5) is 2.15. The van der Waals surface area contributed by atoms with Gasteiger partial charge < -0.3 is 10.0 Å². The van der Waals surface area contributed by atoms with Crippen molar-refractivity contribution >= 4 is 10.0 Å². The second-order valence-electron chi connectivity index (χ2n) is 5.70. The Kier molecular flexibility index (Phi) is 4.28. The van der Waals surface area contributed by atoms with Crippen molar-refractivity contribution in [3.8, 4) is 0 Å². The first-order chi connectivity index (χ1) is 11.0. The largest absolute Gasteiger partial charge is 0.494 e. The number of hydrogen-bond acceptors (Lipinski definition) is 4. The van der Waals surface area contributed by atoms with Crippen molar-refractivity contribution in [2.75, 3.05) is 26.2 Å². The Hall–Kier alpha value is -2.05. The molecule has 1 aromatic rings. The average Bonchev–Trinajstić information content (AvgIpc) is 3.09. The fraction of sp³-hybridized carbons (Fsp3) is 0.294. The molecule has 1 aromatic carbocycles. The van der Waals surface area contributed by atoms with Crippen LogP contribution in [0.15, 0.2) is 64.9 Å². The van der Waals surface area contributed by atoms with Crippen LogP contribution in [-0.4, -0.2) is 48.9 Å². The summed E-state index contributed by atoms with van der Waals surface area (Å²) in [7, 11) is -3.47. The maximum absolute atomic E-state index is 12.7. The van der Waals surface area contributed by atoms with Gasteiger partial charge in [-0.05, 0) is 36.8 Å². The molecule has 0 atom stereocenters. The van der Waals surface area contributed by atoms with E-state index in [0.29, 0.717) is 31.1 Å². The van der Waals surface area contributed by atoms with E-state index >= 15 is 0 Å². The van der Waals surface area contributed by atoms with Gasteiger partial charge in [0.05, 0.1) is 4.90 Å². The topological polar surface area (TPSA) is 60.9 Å². The van der Waals surface area contributed by atoms with E-state index in [1.807, 2.05) is 42.2 Å². The first-order valence-corrected chi connectivity index (χ1v) is 9.02. The predicted octanol–water partition coefficient (Wildman–Crippen LogP) is 2.20. The lowest BCUT2D eigenvalue weighted by atomic mass is 10.2. The first kappa shape index (κ1) is 15.8. The number of sulfonamides is 1. The molecule has 6 heteroatoms. The highest BCUT2D eigenvalue weighted by Crippen LogP contribution is 2.21. The summed E-state index contributed by atoms with van der Waals surface area (Å²) in [6, 6.07) is 6.95. The Balaban J connectivity index is 1.73. The van der Waals surface area contributed by atoms with Crippen LogP contribution < -0.4 is 0 Å². The predicted molar refractivity (Wildman–Crippen MR) is 89.4 cm³/mol. The molecule has 0 amide bonds. The summed E-state index contributed by atoms with van der Waals surface area (Å²) >= 11 is 0. The van der Waals surface area contributed by atoms with Gasteiger partial charge in [-0.3, -0.25) is 0 Å². The van der Waals surface area contributed by atoms with Crippen LogP contribution >= 0.6 is 0 Å². The second kappa shape index (κ2) is 6.22. The van der Waals surface area contributed by atoms with Crippen LogP contribution in [0.3, 0.4) is 0 Å². The van der Waals surface area contributed by atoms with E-state index < -0.39 is 10.0 Å². The molecule has 3 rings (SSSR count). The van der Waals surface area contributed by atoms with E-state index in [-0.39, 0.29) is 5.88 Å². The second-order valence-corrected chi connectivity index (χ2v) is 7.64. The van der Waals surface area contributed by atoms with Crippen molar-refractivity contribution < 1.29 is 13.5 Å². The first-order valence-electron chi connectivity index (χ1n) is 7.58. The van der Waals surface area contributed by atoms with Gasteiger partial charge in [0.1, 0.15) is 0 Å². The van der Waals surface area contributed by atoms with Crippen molar-refractivity contribution in [1.29, 1.82) is 0 Å². The van der Waals surface area contributed by atoms with Crippen LogP contribution in [0.1, 0.15) is 5.56 Å². The minimum absolute atomic E-state index is 0.211. The lowest BCUT2D eigenvalue weighted by molar-refractivity contribution is 0.150. The Bertz CT molecular complexity index is 772. The Labute approximate surface area is 136 Å². The van der Waals surface area contributed by atoms with E-state index in [0.717, 1.165) is 11.1 Å². The molecule has 0 saturated carbocycles. The highest BCUT2D eigenvalue weighted by molar-refractivity contribution is 7.89. The standard InChI is InChI=1S/C17H20N2O3S/c1-14-5-4-8-16(13-14)23(21,22)19-11-9-18(10-12-19)17(20)15-6-2-3-7-15/h2-8,13,20H,9-12H2,1H3. The lowest BCUT2D eigenvalue weighted by Crippen LogP contribution is -2.48. The molecule has 0 radical (unpaired) electrons. The zero-order chi connectivity index (χ0) is 16.4. The third kappa shape index (κ3) is 3.18. The molecule has 2 aliphatic rings. The number of piperazine rings is 1. The summed E-state index contributed by atoms with van der Waals surface area (Å²) in [5, 5.41) is 10.3. The van der Waals surface area contributed by atoms with Crippen molar-refractivity contribution in [3.63, 3.8) is 0 Å². The summed E-state index contributed by atoms with van der Waals surface area (Å²) in [6.45, 7) is 3.55. The van der Waals surface area contributed by atoms with Crippen LogP contribution in [0.2, 0.25) is 0 Å². The minimum atomic E-state index is -3.47. The van der Waals surface area contributed by atoms with Crippen LogP contribution in [0.5, 0.6) is 0 Å². The maximum Gasteiger partial charge on any atom is 0.243 e. The van der Waals surface area contributed by atoms with Crippen molar-refractivity contribution in [2.24, 2.45) is 0 Å². The molecule has 0 bridgehead atoms. The number of benzene rings is 1. The van der Waals surface area contributed by atoms with Gasteiger partial charge in [-0.1, -0.05) is 24.3 Å². The Morgan fingerprint density at radius 1 is 1.09 bits per heavy atom. The third-order valence-electron chi connectivity index (χ3n) is 4.09. The summed E-state index contributed by atoms with van der Waals surface area (Å²) in [5.74, 6) is 0.211. The lowest BCUT2D eigenvalue weighted by Gasteiger charge is -2.35. The van der Waals surface area contributed by atoms with E-state index in [1.165, 1.54) is 4.31 Å². The fourth-order valence-electron chi connectivity index (χ4n) is 2.77. The van der Waals surface area contributed by atoms with Gasteiger partial charge in [0, 0.05) is 31.8 Å². The number of aliphatic hydroxyl groups excluding tert-OH is 1. The normalized spacial score (nSPS) is 18.7. The molecule has 5 nitrogen and oxygen atoms in total. The molecule has 1 heterocycles. The van der Waals surface area contributed by atoms with Crippen LogP contribution in [0.25, 0.3) is 0 Å². The fourth-order valence-corrected chi connectivity index (χ4v) is 4.30. The Morgan fingerprint density at radius 3 is 2.35 bits per heavy atom. The maximum atomic E-state index is 12.7. The highest BCUT2D eigenvalue weighted by Gasteiger charge is 2.29. The van der Waals surface area contributed by atoms with Gasteiger partial charge in [0.15, 0.2) is 5.88 Å². The molecule has 1 N–H and O–H groups in total. The summed E-state index contributed by atoms with van der Waals surface area (Å²) in [5.41, 5.74) is 1.69. The van der Waals surface area contributed by atoms with Gasteiger partial charge >= 0.3 is 0 Å². The van der Waals surface area contributed by atoms with Crippen molar-refractivity contribution in [3.05, 3.63) is 65.6 Å². The van der Waals surface area contributed by atoms with E-state index in [9.17, 15) is 13.5 Å². The molecule has 1 aliphatic carbocycles. The molecule has 0 spiro atoms.